The van der Waals surface area contributed by atoms with Gasteiger partial charge in [-0.2, -0.15) is 0 Å². The minimum absolute atomic E-state index is 0.110. The molecule has 25 heavy (non-hydrogen) atoms. The van der Waals surface area contributed by atoms with Crippen molar-refractivity contribution in [2.75, 3.05) is 11.4 Å². The molecule has 2 aromatic carbocycles. The third kappa shape index (κ3) is 3.60. The SMILES string of the molecule is CCN(C(=O)Cn1ccc2cc(C(C)C)ccc21)c1cccc(C)c1. The number of hydrogen-bond acceptors (Lipinski definition) is 1. The van der Waals surface area contributed by atoms with Gasteiger partial charge in [-0.25, -0.2) is 0 Å². The number of benzene rings is 2. The zero-order chi connectivity index (χ0) is 18.0. The molecule has 3 aromatic rings. The van der Waals surface area contributed by atoms with Gasteiger partial charge >= 0.3 is 0 Å². The van der Waals surface area contributed by atoms with Crippen molar-refractivity contribution in [3.8, 4) is 0 Å². The quantitative estimate of drug-likeness (QED) is 0.635. The summed E-state index contributed by atoms with van der Waals surface area (Å²) in [7, 11) is 0. The number of aromatic nitrogens is 1. The van der Waals surface area contributed by atoms with E-state index in [4.69, 9.17) is 0 Å². The molecule has 0 N–H and O–H groups in total. The zero-order valence-corrected chi connectivity index (χ0v) is 15.5. The van der Waals surface area contributed by atoms with Crippen LogP contribution in [0.3, 0.4) is 0 Å². The average Bonchev–Trinajstić information content (AvgIpc) is 2.98. The van der Waals surface area contributed by atoms with Crippen molar-refractivity contribution in [3.63, 3.8) is 0 Å². The highest BCUT2D eigenvalue weighted by molar-refractivity contribution is 5.94. The van der Waals surface area contributed by atoms with Crippen molar-refractivity contribution in [3.05, 3.63) is 65.9 Å². The van der Waals surface area contributed by atoms with Crippen molar-refractivity contribution in [2.24, 2.45) is 0 Å². The van der Waals surface area contributed by atoms with Crippen LogP contribution in [0.25, 0.3) is 10.9 Å². The lowest BCUT2D eigenvalue weighted by molar-refractivity contribution is -0.119. The smallest absolute Gasteiger partial charge is 0.246 e. The summed E-state index contributed by atoms with van der Waals surface area (Å²) in [5.74, 6) is 0.616. The zero-order valence-electron chi connectivity index (χ0n) is 15.5. The molecule has 0 bridgehead atoms. The van der Waals surface area contributed by atoms with E-state index in [0.29, 0.717) is 19.0 Å². The van der Waals surface area contributed by atoms with Crippen LogP contribution in [0.1, 0.15) is 37.8 Å². The van der Waals surface area contributed by atoms with Gasteiger partial charge in [0.25, 0.3) is 0 Å². The Morgan fingerprint density at radius 1 is 1.12 bits per heavy atom. The molecule has 1 aromatic heterocycles. The first-order valence-corrected chi connectivity index (χ1v) is 8.95. The van der Waals surface area contributed by atoms with E-state index in [1.807, 2.05) is 47.7 Å². The third-order valence-electron chi connectivity index (χ3n) is 4.70. The molecule has 1 amide bonds. The Labute approximate surface area is 149 Å². The highest BCUT2D eigenvalue weighted by atomic mass is 16.2. The fraction of sp³-hybridized carbons (Fsp3) is 0.318. The molecular weight excluding hydrogens is 308 g/mol. The van der Waals surface area contributed by atoms with Gasteiger partial charge in [0.1, 0.15) is 6.54 Å². The van der Waals surface area contributed by atoms with Gasteiger partial charge in [-0.3, -0.25) is 4.79 Å². The molecule has 0 aliphatic rings. The number of amides is 1. The molecule has 3 nitrogen and oxygen atoms in total. The Balaban J connectivity index is 1.86. The molecule has 0 saturated heterocycles. The van der Waals surface area contributed by atoms with Crippen molar-refractivity contribution in [1.82, 2.24) is 4.57 Å². The second-order valence-electron chi connectivity index (χ2n) is 6.89. The Morgan fingerprint density at radius 2 is 1.92 bits per heavy atom. The van der Waals surface area contributed by atoms with Crippen molar-refractivity contribution >= 4 is 22.5 Å². The van der Waals surface area contributed by atoms with Gasteiger partial charge in [-0.1, -0.05) is 32.0 Å². The van der Waals surface area contributed by atoms with Gasteiger partial charge in [-0.15, -0.1) is 0 Å². The molecule has 0 unspecified atom stereocenters. The predicted octanol–water partition coefficient (Wildman–Crippen LogP) is 5.13. The fourth-order valence-electron chi connectivity index (χ4n) is 3.25. The van der Waals surface area contributed by atoms with E-state index in [9.17, 15) is 4.79 Å². The van der Waals surface area contributed by atoms with Crippen molar-refractivity contribution < 1.29 is 4.79 Å². The average molecular weight is 334 g/mol. The molecule has 130 valence electrons. The van der Waals surface area contributed by atoms with Crippen molar-refractivity contribution in [2.45, 2.75) is 40.2 Å². The molecule has 3 heteroatoms. The highest BCUT2D eigenvalue weighted by Crippen LogP contribution is 2.23. The fourth-order valence-corrected chi connectivity index (χ4v) is 3.25. The maximum atomic E-state index is 12.9. The third-order valence-corrected chi connectivity index (χ3v) is 4.70. The molecule has 0 aliphatic heterocycles. The van der Waals surface area contributed by atoms with E-state index in [-0.39, 0.29) is 5.91 Å². The van der Waals surface area contributed by atoms with Gasteiger partial charge in [0.05, 0.1) is 0 Å². The topological polar surface area (TPSA) is 25.2 Å². The van der Waals surface area contributed by atoms with E-state index < -0.39 is 0 Å². The largest absolute Gasteiger partial charge is 0.338 e. The number of anilines is 1. The maximum absolute atomic E-state index is 12.9. The van der Waals surface area contributed by atoms with Crippen LogP contribution >= 0.6 is 0 Å². The second-order valence-corrected chi connectivity index (χ2v) is 6.89. The van der Waals surface area contributed by atoms with Gasteiger partial charge in [0.2, 0.25) is 5.91 Å². The number of fused-ring (bicyclic) bond motifs is 1. The number of aryl methyl sites for hydroxylation is 1. The summed E-state index contributed by atoms with van der Waals surface area (Å²) in [5.41, 5.74) is 4.56. The van der Waals surface area contributed by atoms with E-state index in [1.165, 1.54) is 10.9 Å². The summed E-state index contributed by atoms with van der Waals surface area (Å²) < 4.78 is 2.04. The lowest BCUT2D eigenvalue weighted by atomic mass is 10.0. The Hall–Kier alpha value is -2.55. The molecule has 0 atom stereocenters. The molecule has 0 aliphatic carbocycles. The van der Waals surface area contributed by atoms with Crippen LogP contribution in [0, 0.1) is 6.92 Å². The summed E-state index contributed by atoms with van der Waals surface area (Å²) in [6.45, 7) is 9.48. The number of rotatable bonds is 5. The highest BCUT2D eigenvalue weighted by Gasteiger charge is 2.15. The van der Waals surface area contributed by atoms with Crippen LogP contribution in [0.15, 0.2) is 54.7 Å². The maximum Gasteiger partial charge on any atom is 0.246 e. The summed E-state index contributed by atoms with van der Waals surface area (Å²) >= 11 is 0. The molecule has 0 fully saturated rings. The predicted molar refractivity (Wildman–Crippen MR) is 105 cm³/mol. The Morgan fingerprint density at radius 3 is 2.60 bits per heavy atom. The lowest BCUT2D eigenvalue weighted by Gasteiger charge is -2.22. The molecule has 0 spiro atoms. The second kappa shape index (κ2) is 7.14. The first kappa shape index (κ1) is 17.3. The van der Waals surface area contributed by atoms with Crippen LogP contribution in [-0.2, 0) is 11.3 Å². The van der Waals surface area contributed by atoms with Gasteiger partial charge in [0.15, 0.2) is 0 Å². The van der Waals surface area contributed by atoms with Crippen LogP contribution in [0.4, 0.5) is 5.69 Å². The standard InChI is InChI=1S/C22H26N2O/c1-5-24(20-8-6-7-17(4)13-20)22(25)15-23-12-11-19-14-18(16(2)3)9-10-21(19)23/h6-14,16H,5,15H2,1-4H3. The molecule has 3 rings (SSSR count). The summed E-state index contributed by atoms with van der Waals surface area (Å²) in [6, 6.07) is 16.7. The van der Waals surface area contributed by atoms with Crippen molar-refractivity contribution in [1.29, 1.82) is 0 Å². The van der Waals surface area contributed by atoms with Crippen LogP contribution in [-0.4, -0.2) is 17.0 Å². The van der Waals surface area contributed by atoms with E-state index in [1.54, 1.807) is 0 Å². The molecular formula is C22H26N2O. The number of nitrogens with zero attached hydrogens (tertiary/aromatic N) is 2. The van der Waals surface area contributed by atoms with E-state index in [0.717, 1.165) is 16.8 Å². The first-order chi connectivity index (χ1) is 12.0. The summed E-state index contributed by atoms with van der Waals surface area (Å²) in [5, 5.41) is 1.19. The normalized spacial score (nSPS) is 11.2. The first-order valence-electron chi connectivity index (χ1n) is 8.95. The minimum atomic E-state index is 0.110. The van der Waals surface area contributed by atoms with E-state index >= 15 is 0 Å². The number of carbonyl (C=O) groups excluding carboxylic acids is 1. The monoisotopic (exact) mass is 334 g/mol. The van der Waals surface area contributed by atoms with Gasteiger partial charge < -0.3 is 9.47 Å². The number of carbonyl (C=O) groups is 1. The number of likely N-dealkylation sites (N-methyl/N-ethyl adjacent to an activating group) is 1. The van der Waals surface area contributed by atoms with Crippen LogP contribution in [0.2, 0.25) is 0 Å². The molecule has 0 saturated carbocycles. The number of hydrogen-bond donors (Lipinski definition) is 0. The molecule has 1 heterocycles. The lowest BCUT2D eigenvalue weighted by Crippen LogP contribution is -2.33. The minimum Gasteiger partial charge on any atom is -0.338 e. The summed E-state index contributed by atoms with van der Waals surface area (Å²) in [6.07, 6.45) is 2.01. The Kier molecular flexibility index (Phi) is 4.93. The van der Waals surface area contributed by atoms with Crippen LogP contribution in [0.5, 0.6) is 0 Å². The van der Waals surface area contributed by atoms with Gasteiger partial charge in [0, 0.05) is 23.9 Å². The molecule has 0 radical (unpaired) electrons. The van der Waals surface area contributed by atoms with Crippen LogP contribution < -0.4 is 4.90 Å². The Bertz CT molecular complexity index is 892. The summed E-state index contributed by atoms with van der Waals surface area (Å²) in [4.78, 5) is 14.7. The van der Waals surface area contributed by atoms with E-state index in [2.05, 4.69) is 44.2 Å². The van der Waals surface area contributed by atoms with Gasteiger partial charge in [-0.05, 0) is 66.6 Å².